The van der Waals surface area contributed by atoms with Crippen LogP contribution in [0, 0.1) is 0 Å². The number of hydrogen-bond acceptors (Lipinski definition) is 8. The van der Waals surface area contributed by atoms with Crippen LogP contribution in [-0.4, -0.2) is 68.9 Å². The van der Waals surface area contributed by atoms with Crippen molar-refractivity contribution < 1.29 is 20.1 Å². The summed E-state index contributed by atoms with van der Waals surface area (Å²) in [7, 11) is 0. The minimum Gasteiger partial charge on any atom is -0.394 e. The second-order valence-corrected chi connectivity index (χ2v) is 4.68. The quantitative estimate of drug-likeness (QED) is 0.339. The van der Waals surface area contributed by atoms with Gasteiger partial charge < -0.3 is 20.1 Å². The maximum absolute atomic E-state index is 9.93. The van der Waals surface area contributed by atoms with Gasteiger partial charge in [0.25, 0.3) is 0 Å². The zero-order valence-corrected chi connectivity index (χ0v) is 10.5. The average molecular weight is 284 g/mol. The molecule has 0 bridgehead atoms. The zero-order chi connectivity index (χ0) is 13.6. The summed E-state index contributed by atoms with van der Waals surface area (Å²) in [5, 5.41) is 30.2. The van der Waals surface area contributed by atoms with E-state index in [1.165, 1.54) is 17.4 Å². The Balaban J connectivity index is 1.84. The molecular weight excluding hydrogens is 272 g/mol. The summed E-state index contributed by atoms with van der Waals surface area (Å²) in [4.78, 5) is 8.49. The van der Waals surface area contributed by atoms with E-state index in [1.807, 2.05) is 0 Å². The highest BCUT2D eigenvalue weighted by atomic mass is 32.1. The smallest absolute Gasteiger partial charge is 0.180 e. The molecule has 0 spiro atoms. The zero-order valence-electron chi connectivity index (χ0n) is 9.67. The highest BCUT2D eigenvalue weighted by Crippen LogP contribution is 2.31. The van der Waals surface area contributed by atoms with Gasteiger partial charge in [-0.2, -0.15) is 0 Å². The molecule has 8 nitrogen and oxygen atoms in total. The molecule has 0 aromatic carbocycles. The van der Waals surface area contributed by atoms with Gasteiger partial charge in [-0.1, -0.05) is 12.2 Å². The van der Waals surface area contributed by atoms with Crippen molar-refractivity contribution in [2.75, 3.05) is 6.61 Å². The summed E-state index contributed by atoms with van der Waals surface area (Å²) in [6.07, 6.45) is -0.965. The first-order chi connectivity index (χ1) is 9.13. The van der Waals surface area contributed by atoms with Crippen LogP contribution in [0.1, 0.15) is 0 Å². The Morgan fingerprint density at radius 2 is 2.00 bits per heavy atom. The second kappa shape index (κ2) is 4.62. The van der Waals surface area contributed by atoms with Gasteiger partial charge in [-0.05, 0) is 0 Å². The number of hydrogen-bond donors (Lipinski definition) is 4. The standard InChI is InChI=1S/C10H12N4O4S/c15-3-4-6(16)7(17)10(18-4)14-5(9(19)13-14)8-11-1-2-12-8/h1-2,4,6-7,10,15-17H,3H2,(H,13,19). The lowest BCUT2D eigenvalue weighted by Crippen LogP contribution is -2.63. The van der Waals surface area contributed by atoms with Crippen molar-refractivity contribution >= 4 is 29.6 Å². The van der Waals surface area contributed by atoms with Gasteiger partial charge >= 0.3 is 0 Å². The third kappa shape index (κ3) is 1.86. The lowest BCUT2D eigenvalue weighted by Gasteiger charge is -2.42. The molecule has 0 radical (unpaired) electrons. The van der Waals surface area contributed by atoms with E-state index in [0.29, 0.717) is 16.5 Å². The molecule has 4 unspecified atom stereocenters. The van der Waals surface area contributed by atoms with Gasteiger partial charge in [-0.3, -0.25) is 5.43 Å². The van der Waals surface area contributed by atoms with Gasteiger partial charge in [0.15, 0.2) is 12.0 Å². The molecule has 9 heteroatoms. The Morgan fingerprint density at radius 1 is 1.32 bits per heavy atom. The monoisotopic (exact) mass is 284 g/mol. The molecular formula is C10H12N4O4S. The number of rotatable bonds is 2. The molecule has 4 N–H and O–H groups in total. The molecule has 3 heterocycles. The Bertz CT molecular complexity index is 492. The Hall–Kier alpha value is -1.39. The normalized spacial score (nSPS) is 37.0. The Morgan fingerprint density at radius 3 is 2.53 bits per heavy atom. The molecule has 2 fully saturated rings. The maximum Gasteiger partial charge on any atom is 0.180 e. The summed E-state index contributed by atoms with van der Waals surface area (Å²) >= 11 is 5.07. The molecule has 0 aromatic heterocycles. The van der Waals surface area contributed by atoms with Crippen LogP contribution in [0.2, 0.25) is 0 Å². The molecule has 3 aliphatic rings. The maximum atomic E-state index is 9.93. The van der Waals surface area contributed by atoms with E-state index in [-0.39, 0.29) is 6.61 Å². The van der Waals surface area contributed by atoms with Crippen molar-refractivity contribution in [3.05, 3.63) is 11.5 Å². The topological polar surface area (TPSA) is 110 Å². The predicted octanol–water partition coefficient (Wildman–Crippen LogP) is -2.10. The lowest BCUT2D eigenvalue weighted by molar-refractivity contribution is -0.101. The van der Waals surface area contributed by atoms with E-state index < -0.39 is 24.5 Å². The second-order valence-electron chi connectivity index (χ2n) is 4.27. The molecule has 19 heavy (non-hydrogen) atoms. The number of aliphatic imine (C=N–C) groups is 2. The number of nitrogens with zero attached hydrogens (tertiary/aromatic N) is 3. The van der Waals surface area contributed by atoms with Crippen LogP contribution in [-0.2, 0) is 4.74 Å². The van der Waals surface area contributed by atoms with Crippen LogP contribution < -0.4 is 5.43 Å². The fourth-order valence-electron chi connectivity index (χ4n) is 2.13. The Kier molecular flexibility index (Phi) is 3.07. The van der Waals surface area contributed by atoms with E-state index in [9.17, 15) is 10.2 Å². The molecule has 0 amide bonds. The number of hydrazine groups is 1. The summed E-state index contributed by atoms with van der Waals surface area (Å²) in [6, 6.07) is 0. The van der Waals surface area contributed by atoms with Crippen molar-refractivity contribution in [3.8, 4) is 0 Å². The minimum atomic E-state index is -1.17. The first kappa shape index (κ1) is 12.6. The number of nitrogens with one attached hydrogen (secondary N) is 1. The van der Waals surface area contributed by atoms with Gasteiger partial charge in [0.05, 0.1) is 6.61 Å². The molecule has 4 atom stereocenters. The summed E-state index contributed by atoms with van der Waals surface area (Å²) < 4.78 is 5.39. The predicted molar refractivity (Wildman–Crippen MR) is 69.3 cm³/mol. The van der Waals surface area contributed by atoms with Crippen LogP contribution >= 0.6 is 12.2 Å². The molecule has 0 saturated carbocycles. The van der Waals surface area contributed by atoms with Gasteiger partial charge in [0.2, 0.25) is 0 Å². The van der Waals surface area contributed by atoms with E-state index in [1.54, 1.807) is 0 Å². The highest BCUT2D eigenvalue weighted by molar-refractivity contribution is 7.80. The van der Waals surface area contributed by atoms with Crippen molar-refractivity contribution in [1.82, 2.24) is 10.4 Å². The van der Waals surface area contributed by atoms with Crippen molar-refractivity contribution in [1.29, 1.82) is 0 Å². The first-order valence-corrected chi connectivity index (χ1v) is 6.08. The van der Waals surface area contributed by atoms with Crippen LogP contribution in [0.25, 0.3) is 0 Å². The third-order valence-electron chi connectivity index (χ3n) is 3.12. The number of thiocarbonyl (C=S) groups is 1. The minimum absolute atomic E-state index is 0.380. The molecule has 3 aliphatic heterocycles. The van der Waals surface area contributed by atoms with Crippen LogP contribution in [0.15, 0.2) is 21.5 Å². The fraction of sp³-hybridized carbons (Fsp3) is 0.500. The largest absolute Gasteiger partial charge is 0.394 e. The fourth-order valence-corrected chi connectivity index (χ4v) is 2.42. The molecule has 102 valence electrons. The van der Waals surface area contributed by atoms with Gasteiger partial charge in [-0.15, -0.1) is 0 Å². The van der Waals surface area contributed by atoms with Gasteiger partial charge in [0.1, 0.15) is 29.0 Å². The molecule has 2 saturated heterocycles. The third-order valence-corrected chi connectivity index (χ3v) is 3.41. The van der Waals surface area contributed by atoms with Crippen LogP contribution in [0.4, 0.5) is 0 Å². The number of ether oxygens (including phenoxy) is 1. The molecule has 3 rings (SSSR count). The van der Waals surface area contributed by atoms with Crippen molar-refractivity contribution in [2.24, 2.45) is 9.98 Å². The van der Waals surface area contributed by atoms with E-state index in [4.69, 9.17) is 22.1 Å². The van der Waals surface area contributed by atoms with E-state index >= 15 is 0 Å². The van der Waals surface area contributed by atoms with E-state index in [2.05, 4.69) is 15.4 Å². The highest BCUT2D eigenvalue weighted by Gasteiger charge is 2.50. The van der Waals surface area contributed by atoms with Gasteiger partial charge in [0, 0.05) is 12.4 Å². The summed E-state index contributed by atoms with van der Waals surface area (Å²) in [6.45, 7) is -0.380. The summed E-state index contributed by atoms with van der Waals surface area (Å²) in [5.74, 6) is 0.418. The van der Waals surface area contributed by atoms with Crippen LogP contribution in [0.3, 0.4) is 0 Å². The summed E-state index contributed by atoms with van der Waals surface area (Å²) in [5.41, 5.74) is 3.31. The first-order valence-electron chi connectivity index (χ1n) is 5.67. The molecule has 0 aromatic rings. The average Bonchev–Trinajstić information content (AvgIpc) is 2.98. The van der Waals surface area contributed by atoms with Crippen molar-refractivity contribution in [3.63, 3.8) is 0 Å². The Labute approximate surface area is 113 Å². The van der Waals surface area contributed by atoms with Crippen molar-refractivity contribution in [2.45, 2.75) is 24.5 Å². The van der Waals surface area contributed by atoms with Gasteiger partial charge in [-0.25, -0.2) is 15.0 Å². The van der Waals surface area contributed by atoms with E-state index in [0.717, 1.165) is 0 Å². The lowest BCUT2D eigenvalue weighted by atomic mass is 10.1. The number of aliphatic hydroxyl groups is 3. The number of aliphatic hydroxyl groups excluding tert-OH is 3. The van der Waals surface area contributed by atoms with Crippen LogP contribution in [0.5, 0.6) is 0 Å². The molecule has 0 aliphatic carbocycles. The SMILES string of the molecule is OCC1OC(N2NC(=S)C2=C2N=CC=N2)C(O)C1O.